The van der Waals surface area contributed by atoms with Crippen LogP contribution in [0.2, 0.25) is 0 Å². The molecule has 0 bridgehead atoms. The Kier molecular flexibility index (Phi) is 11.6. The van der Waals surface area contributed by atoms with E-state index in [9.17, 15) is 33.6 Å². The van der Waals surface area contributed by atoms with Crippen LogP contribution in [-0.2, 0) is 28.8 Å². The van der Waals surface area contributed by atoms with Crippen LogP contribution >= 0.6 is 0 Å². The van der Waals surface area contributed by atoms with E-state index in [2.05, 4.69) is 21.3 Å². The van der Waals surface area contributed by atoms with Gasteiger partial charge in [-0.15, -0.1) is 0 Å². The number of likely N-dealkylation sites (tertiary alicyclic amines) is 2. The van der Waals surface area contributed by atoms with Crippen LogP contribution in [0.5, 0.6) is 0 Å². The summed E-state index contributed by atoms with van der Waals surface area (Å²) in [5, 5.41) is 11.6. The Morgan fingerprint density at radius 1 is 0.824 bits per heavy atom. The van der Waals surface area contributed by atoms with Crippen LogP contribution in [0, 0.1) is 22.2 Å². The first-order valence-corrected chi connectivity index (χ1v) is 19.2. The van der Waals surface area contributed by atoms with Crippen LogP contribution in [0.3, 0.4) is 0 Å². The van der Waals surface area contributed by atoms with Crippen LogP contribution in [0.15, 0.2) is 0 Å². The van der Waals surface area contributed by atoms with Gasteiger partial charge in [0.1, 0.15) is 12.1 Å². The summed E-state index contributed by atoms with van der Waals surface area (Å²) in [6.45, 7) is 11.9. The molecule has 7 amide bonds. The molecule has 3 saturated carbocycles. The lowest BCUT2D eigenvalue weighted by Crippen LogP contribution is -2.63. The van der Waals surface area contributed by atoms with E-state index in [1.165, 1.54) is 9.80 Å². The lowest BCUT2D eigenvalue weighted by molar-refractivity contribution is -0.153. The average Bonchev–Trinajstić information content (AvgIpc) is 3.98. The summed E-state index contributed by atoms with van der Waals surface area (Å²) in [5.41, 5.74) is -1.51. The molecule has 5 fully saturated rings. The van der Waals surface area contributed by atoms with E-state index in [-0.39, 0.29) is 49.1 Å². The zero-order valence-corrected chi connectivity index (χ0v) is 31.5. The highest BCUT2D eigenvalue weighted by Gasteiger charge is 2.48. The van der Waals surface area contributed by atoms with Crippen LogP contribution in [0.4, 0.5) is 4.79 Å². The minimum absolute atomic E-state index is 0.0188. The lowest BCUT2D eigenvalue weighted by Gasteiger charge is -2.43. The van der Waals surface area contributed by atoms with E-state index in [1.54, 1.807) is 0 Å². The number of hydrogen-bond acceptors (Lipinski definition) is 7. The summed E-state index contributed by atoms with van der Waals surface area (Å²) in [6.07, 6.45) is 9.74. The van der Waals surface area contributed by atoms with E-state index >= 15 is 0 Å². The highest BCUT2D eigenvalue weighted by Crippen LogP contribution is 2.40. The number of Topliss-reactive ketones (excluding diaryl/α,β-unsaturated/α-hetero) is 1. The molecule has 0 radical (unpaired) electrons. The Morgan fingerprint density at radius 2 is 1.45 bits per heavy atom. The molecule has 5 aliphatic rings. The van der Waals surface area contributed by atoms with E-state index < -0.39 is 64.0 Å². The number of nitrogens with zero attached hydrogens (tertiary/aromatic N) is 2. The molecule has 0 aromatic heterocycles. The normalized spacial score (nSPS) is 25.0. The maximum absolute atomic E-state index is 14.6. The number of rotatable bonds is 13. The molecule has 2 saturated heterocycles. The highest BCUT2D eigenvalue weighted by molar-refractivity contribution is 6.38. The van der Waals surface area contributed by atoms with Crippen molar-refractivity contribution in [3.8, 4) is 0 Å². The van der Waals surface area contributed by atoms with Gasteiger partial charge in [0.05, 0.1) is 12.1 Å². The fraction of sp³-hybridized carbons (Fsp3) is 0.816. The van der Waals surface area contributed by atoms with Gasteiger partial charge in [-0.05, 0) is 67.1 Å². The number of carbonyl (C=O) groups excluding carboxylic acids is 7. The molecular formula is C38H60N6O7. The van der Waals surface area contributed by atoms with Gasteiger partial charge in [0.25, 0.3) is 5.91 Å². The molecule has 13 nitrogen and oxygen atoms in total. The minimum Gasteiger partial charge on any atom is -0.347 e. The van der Waals surface area contributed by atoms with Crippen molar-refractivity contribution in [1.82, 2.24) is 31.1 Å². The fourth-order valence-electron chi connectivity index (χ4n) is 7.94. The second kappa shape index (κ2) is 15.2. The van der Waals surface area contributed by atoms with Crippen molar-refractivity contribution in [2.45, 2.75) is 162 Å². The SMILES string of the molecule is CC1(C)CC(=O)N(C[C@@H](NC(=O)N[C@H](C(=O)N2CCC[C@H]2C(=O)NC(CC2CC2)C(=O)C(=O)NC2CC2)C2(C)CCCCC2)C(C)(C)C)C(=O)C1. The predicted molar refractivity (Wildman–Crippen MR) is 190 cm³/mol. The zero-order chi connectivity index (χ0) is 37.3. The summed E-state index contributed by atoms with van der Waals surface area (Å²) in [5.74, 6) is -2.37. The quantitative estimate of drug-likeness (QED) is 0.167. The molecule has 0 aromatic carbocycles. The van der Waals surface area contributed by atoms with Crippen molar-refractivity contribution < 1.29 is 33.6 Å². The van der Waals surface area contributed by atoms with Crippen LogP contribution in [0.25, 0.3) is 0 Å². The third-order valence-corrected chi connectivity index (χ3v) is 11.7. The molecule has 51 heavy (non-hydrogen) atoms. The number of amides is 7. The van der Waals surface area contributed by atoms with Gasteiger partial charge in [0, 0.05) is 32.0 Å². The monoisotopic (exact) mass is 712 g/mol. The van der Waals surface area contributed by atoms with E-state index in [0.29, 0.717) is 25.8 Å². The highest BCUT2D eigenvalue weighted by atomic mass is 16.2. The smallest absolute Gasteiger partial charge is 0.315 e. The van der Waals surface area contributed by atoms with Gasteiger partial charge < -0.3 is 26.2 Å². The van der Waals surface area contributed by atoms with Crippen LogP contribution in [0.1, 0.15) is 131 Å². The summed E-state index contributed by atoms with van der Waals surface area (Å²) in [7, 11) is 0. The number of imide groups is 1. The Labute approximate surface area is 302 Å². The van der Waals surface area contributed by atoms with Gasteiger partial charge in [-0.2, -0.15) is 0 Å². The Hall–Kier alpha value is -3.51. The van der Waals surface area contributed by atoms with E-state index in [0.717, 1.165) is 57.8 Å². The predicted octanol–water partition coefficient (Wildman–Crippen LogP) is 3.34. The third kappa shape index (κ3) is 9.88. The molecule has 13 heteroatoms. The van der Waals surface area contributed by atoms with Crippen molar-refractivity contribution in [2.24, 2.45) is 22.2 Å². The topological polar surface area (TPSA) is 174 Å². The van der Waals surface area contributed by atoms with Gasteiger partial charge in [0.2, 0.25) is 29.4 Å². The molecule has 4 N–H and O–H groups in total. The van der Waals surface area contributed by atoms with E-state index in [4.69, 9.17) is 0 Å². The molecule has 0 spiro atoms. The van der Waals surface area contributed by atoms with Gasteiger partial charge in [-0.3, -0.25) is 33.7 Å². The second-order valence-electron chi connectivity index (χ2n) is 18.1. The average molecular weight is 713 g/mol. The number of hydrogen-bond donors (Lipinski definition) is 4. The number of piperidine rings is 1. The number of carbonyl (C=O) groups is 7. The summed E-state index contributed by atoms with van der Waals surface area (Å²) in [4.78, 5) is 96.9. The first-order chi connectivity index (χ1) is 23.9. The Morgan fingerprint density at radius 3 is 2.02 bits per heavy atom. The molecule has 2 aliphatic heterocycles. The van der Waals surface area contributed by atoms with Crippen molar-refractivity contribution in [3.63, 3.8) is 0 Å². The molecule has 0 aromatic rings. The maximum atomic E-state index is 14.6. The first-order valence-electron chi connectivity index (χ1n) is 19.2. The summed E-state index contributed by atoms with van der Waals surface area (Å²) >= 11 is 0. The van der Waals surface area contributed by atoms with Crippen molar-refractivity contribution in [1.29, 1.82) is 0 Å². The number of nitrogens with one attached hydrogen (secondary N) is 4. The Balaban J connectivity index is 1.30. The van der Waals surface area contributed by atoms with Gasteiger partial charge in [-0.1, -0.05) is 73.6 Å². The van der Waals surface area contributed by atoms with Crippen LogP contribution < -0.4 is 21.3 Å². The van der Waals surface area contributed by atoms with Crippen LogP contribution in [-0.4, -0.2) is 94.4 Å². The molecule has 2 heterocycles. The number of ketones is 1. The third-order valence-electron chi connectivity index (χ3n) is 11.7. The fourth-order valence-corrected chi connectivity index (χ4v) is 7.94. The number of urea groups is 1. The largest absolute Gasteiger partial charge is 0.347 e. The summed E-state index contributed by atoms with van der Waals surface area (Å²) in [6, 6.07) is -3.86. The van der Waals surface area contributed by atoms with Crippen molar-refractivity contribution in [2.75, 3.05) is 13.1 Å². The van der Waals surface area contributed by atoms with Crippen molar-refractivity contribution >= 4 is 41.4 Å². The zero-order valence-electron chi connectivity index (χ0n) is 31.5. The molecule has 4 atom stereocenters. The molecule has 5 rings (SSSR count). The lowest BCUT2D eigenvalue weighted by atomic mass is 9.70. The van der Waals surface area contributed by atoms with Crippen molar-refractivity contribution in [3.05, 3.63) is 0 Å². The first kappa shape index (κ1) is 38.7. The van der Waals surface area contributed by atoms with E-state index in [1.807, 2.05) is 41.5 Å². The molecule has 284 valence electrons. The maximum Gasteiger partial charge on any atom is 0.315 e. The second-order valence-corrected chi connectivity index (χ2v) is 18.1. The van der Waals surface area contributed by atoms with Gasteiger partial charge in [-0.25, -0.2) is 4.79 Å². The van der Waals surface area contributed by atoms with Gasteiger partial charge in [0.15, 0.2) is 0 Å². The molecular weight excluding hydrogens is 652 g/mol. The molecule has 1 unspecified atom stereocenters. The standard InChI is InChI=1S/C38H60N6O7/c1-36(2,3)27(22-44-28(45)20-37(4,5)21-29(44)46)41-35(51)42-31(38(6)16-8-7-9-17-38)34(50)43-18-10-11-26(43)32(48)40-25(19-23-12-13-23)30(47)33(49)39-24-14-15-24/h23-27,31H,7-22H2,1-6H3,(H,39,49)(H,40,48)(H2,41,42,51)/t25?,26-,27+,31+/m0/s1. The summed E-state index contributed by atoms with van der Waals surface area (Å²) < 4.78 is 0. The Bertz CT molecular complexity index is 1370. The molecule has 3 aliphatic carbocycles. The minimum atomic E-state index is -0.948. The van der Waals surface area contributed by atoms with Gasteiger partial charge >= 0.3 is 6.03 Å².